The van der Waals surface area contributed by atoms with Crippen LogP contribution in [0.5, 0.6) is 11.5 Å². The van der Waals surface area contributed by atoms with Gasteiger partial charge in [-0.25, -0.2) is 14.6 Å². The molecule has 0 bridgehead atoms. The van der Waals surface area contributed by atoms with Crippen LogP contribution < -0.4 is 126 Å². The van der Waals surface area contributed by atoms with E-state index in [0.29, 0.717) is 21.7 Å². The zero-order valence-corrected chi connectivity index (χ0v) is 71.9. The van der Waals surface area contributed by atoms with E-state index >= 15 is 0 Å². The van der Waals surface area contributed by atoms with E-state index in [-0.39, 0.29) is 143 Å². The van der Waals surface area contributed by atoms with Crippen LogP contribution in [0.3, 0.4) is 0 Å². The van der Waals surface area contributed by atoms with Crippen molar-refractivity contribution < 1.29 is 138 Å². The summed E-state index contributed by atoms with van der Waals surface area (Å²) < 4.78 is 0. The standard InChI is InChI=1S/C65H101N17O16S.C15H12O6.Na/c1-9-35(7)51(68)65-80-47(31-99-65)62(96)75-42(25-33(3)4)58(92)73-41(21-22-49(84)85)57(91)82-53(36(8)10-2)64(98)74-39-19-14-15-24-70-54(88)45(28-48(67)83)77-61(95)46(29-50(86)87)78-60(94)44(27-38-30-69-32-71-38)76-59(93)43(26-37-17-12-11-13-18-37)79-63(97)52(34(5)6)81-56(90)40(20-16-23-66)72-55(39)89;16-12-3-1-8(6-10(12)14(18)19)5-9-2-4-13(17)11(7-9)15(20)21;/h11-13,17-18,30,32-36,39-47,51-53H,9-10,14-16,19-29,31,66,68H2,1-8H3,(H2,67,83)(H,69,71)(H,70,88)(H,72,89)(H,73,92)(H,74,98)(H,75,96)(H,76,93)(H,77,95)(H,78,94)(H,79,97)(H,81,90)(H,82,91)(H,84,85)(H,86,87);1-4,6-7,16-17H,5H2,(H,18,19)(H,20,21);/q;;+1/p-3/t35-,36-,39-,40+,41+,42-,43+,44-,45-,46+,47-,51-,52-,53-;;/m0../s1. The summed E-state index contributed by atoms with van der Waals surface area (Å²) in [5, 5.41) is 93.5. The fraction of sp³-hybridized carbons (Fsp3) is 0.525. The normalized spacial score (nSPS) is 20.6. The predicted octanol–water partition coefficient (Wildman–Crippen LogP) is -6.80. The molecule has 0 aliphatic carbocycles. The van der Waals surface area contributed by atoms with Crippen LogP contribution in [-0.2, 0) is 86.4 Å². The third-order valence-corrected chi connectivity index (χ3v) is 21.0. The summed E-state index contributed by atoms with van der Waals surface area (Å²) in [6.07, 6.45) is -0.154. The summed E-state index contributed by atoms with van der Waals surface area (Å²) in [6, 6.07) is -0.924. The summed E-state index contributed by atoms with van der Waals surface area (Å²) in [6.45, 7) is 13.8. The Morgan fingerprint density at radius 1 is 0.628 bits per heavy atom. The van der Waals surface area contributed by atoms with Gasteiger partial charge in [-0.05, 0) is 117 Å². The van der Waals surface area contributed by atoms with Crippen molar-refractivity contribution in [2.45, 2.75) is 224 Å². The number of thioether (sulfide) groups is 1. The molecule has 121 heavy (non-hydrogen) atoms. The molecule has 0 unspecified atom stereocenters. The monoisotopic (exact) mass is 1720 g/mol. The second-order valence-corrected chi connectivity index (χ2v) is 31.3. The van der Waals surface area contributed by atoms with E-state index < -0.39 is 216 Å². The summed E-state index contributed by atoms with van der Waals surface area (Å²) in [7, 11) is 0. The molecule has 3 aromatic carbocycles. The molecule has 656 valence electrons. The van der Waals surface area contributed by atoms with Crippen molar-refractivity contribution in [1.82, 2.24) is 68.5 Å². The van der Waals surface area contributed by atoms with Crippen LogP contribution in [0.1, 0.15) is 177 Å². The minimum absolute atomic E-state index is 0. The third-order valence-electron chi connectivity index (χ3n) is 19.9. The number of nitrogens with one attached hydrogen (secondary N) is 12. The molecule has 6 rings (SSSR count). The van der Waals surface area contributed by atoms with Crippen molar-refractivity contribution in [3.8, 4) is 11.5 Å². The van der Waals surface area contributed by atoms with E-state index in [4.69, 9.17) is 27.4 Å². The maximum atomic E-state index is 14.8. The molecule has 0 saturated carbocycles. The number of aromatic carboxylic acids is 2. The van der Waals surface area contributed by atoms with E-state index in [1.54, 1.807) is 71.9 Å². The average Bonchev–Trinajstić information content (AvgIpc) is 1.49. The minimum atomic E-state index is -2.01. The number of benzene rings is 3. The van der Waals surface area contributed by atoms with Crippen LogP contribution in [0, 0.1) is 23.7 Å². The number of hydrogen-bond donors (Lipinski definition) is 17. The van der Waals surface area contributed by atoms with Gasteiger partial charge >= 0.3 is 42.9 Å². The van der Waals surface area contributed by atoms with Gasteiger partial charge in [-0.15, -0.1) is 11.8 Å². The fourth-order valence-corrected chi connectivity index (χ4v) is 13.8. The number of H-pyrrole nitrogens is 1. The number of nitrogens with two attached hydrogens (primary N) is 3. The van der Waals surface area contributed by atoms with Crippen LogP contribution in [0.2, 0.25) is 0 Å². The number of carbonyl (C=O) groups is 16. The molecule has 12 amide bonds. The van der Waals surface area contributed by atoms with Gasteiger partial charge in [0.15, 0.2) is 0 Å². The Labute approximate surface area is 727 Å². The molecule has 2 aliphatic heterocycles. The number of aromatic amines is 1. The van der Waals surface area contributed by atoms with Crippen molar-refractivity contribution in [3.63, 3.8) is 0 Å². The van der Waals surface area contributed by atoms with E-state index in [0.717, 1.165) is 18.6 Å². The quantitative estimate of drug-likeness (QED) is 0.0193. The van der Waals surface area contributed by atoms with Gasteiger partial charge in [-0.3, -0.25) is 62.5 Å². The molecule has 1 saturated heterocycles. The number of aliphatic imine (C=N–C) groups is 1. The first kappa shape index (κ1) is 102. The number of hydrogen-bond acceptors (Lipinski definition) is 25. The first-order valence-electron chi connectivity index (χ1n) is 39.5. The first-order chi connectivity index (χ1) is 56.7. The number of aromatic nitrogens is 2. The average molecular weight is 1720 g/mol. The van der Waals surface area contributed by atoms with Gasteiger partial charge < -0.3 is 121 Å². The number of carbonyl (C=O) groups excluding carboxylic acids is 14. The summed E-state index contributed by atoms with van der Waals surface area (Å²) >= 11 is 1.34. The van der Waals surface area contributed by atoms with Gasteiger partial charge in [0.2, 0.25) is 70.9 Å². The molecule has 1 aromatic heterocycles. The van der Waals surface area contributed by atoms with E-state index in [1.807, 2.05) is 13.8 Å². The molecule has 4 aromatic rings. The molecule has 0 spiro atoms. The smallest absolute Gasteiger partial charge is 0.872 e. The van der Waals surface area contributed by atoms with Gasteiger partial charge in [0.1, 0.15) is 66.5 Å². The van der Waals surface area contributed by atoms with Gasteiger partial charge in [-0.2, -0.15) is 0 Å². The van der Waals surface area contributed by atoms with Crippen molar-refractivity contribution in [1.29, 1.82) is 0 Å². The molecule has 20 N–H and O–H groups in total. The van der Waals surface area contributed by atoms with Crippen molar-refractivity contribution in [2.24, 2.45) is 45.9 Å². The molecular weight excluding hydrogens is 1610 g/mol. The molecule has 41 heteroatoms. The Morgan fingerprint density at radius 3 is 1.72 bits per heavy atom. The SMILES string of the molecule is CC[C@H](C)[C@H](N)C1=N[C@H](C(=O)N[C@@H](CC(C)C)C(=O)N[C@H](CCC(=O)[O-])C(=O)N[C@H](C(=O)N[C@H]2CCCCNC(=O)[C@H](CC(N)=O)NC(=O)[C@@H](CC(=O)[O-])NC(=O)[C@H](Cc3cnc[nH]3)NC(=O)[C@@H](Cc3ccccc3)NC(=O)[C@H](C(C)C)NC(=O)[C@@H](CCCN)NC2=O)[C@@H](C)CC)CS1.O=C(O)c1cc(Cc2ccc([O-])c(C(=O)O)c2)ccc1[O-].[H+].[Na+]. The Balaban J connectivity index is 0.00000144. The second-order valence-electron chi connectivity index (χ2n) is 30.2. The maximum Gasteiger partial charge on any atom is 1.00 e. The van der Waals surface area contributed by atoms with Crippen LogP contribution in [0.15, 0.2) is 84.2 Å². The Morgan fingerprint density at radius 2 is 1.18 bits per heavy atom. The van der Waals surface area contributed by atoms with Gasteiger partial charge in [0, 0.05) is 55.4 Å². The number of nitrogens with zero attached hydrogens (tertiary/aromatic N) is 2. The summed E-state index contributed by atoms with van der Waals surface area (Å²) in [5.74, 6) is -20.1. The zero-order valence-electron chi connectivity index (χ0n) is 70.1. The van der Waals surface area contributed by atoms with Gasteiger partial charge in [0.05, 0.1) is 35.0 Å². The minimum Gasteiger partial charge on any atom is -0.872 e. The number of carboxylic acids is 4. The van der Waals surface area contributed by atoms with Crippen LogP contribution in [0.4, 0.5) is 0 Å². The molecular formula is C80H110N17NaO22S-2. The number of carboxylic acid groups (broad SMARTS) is 4. The number of primary amides is 1. The zero-order chi connectivity index (χ0) is 89.2. The Kier molecular flexibility index (Phi) is 43.0. The van der Waals surface area contributed by atoms with Crippen LogP contribution in [-0.4, -0.2) is 211 Å². The number of rotatable bonds is 34. The molecule has 1 fully saturated rings. The van der Waals surface area contributed by atoms with Crippen molar-refractivity contribution in [2.75, 3.05) is 18.8 Å². The third kappa shape index (κ3) is 33.8. The fourth-order valence-electron chi connectivity index (χ4n) is 12.6. The van der Waals surface area contributed by atoms with Gasteiger partial charge in [-0.1, -0.05) is 134 Å². The van der Waals surface area contributed by atoms with Crippen LogP contribution >= 0.6 is 11.8 Å². The maximum absolute atomic E-state index is 14.8. The Bertz CT molecular complexity index is 4240. The molecule has 2 aliphatic rings. The number of amides is 12. The molecule has 14 atom stereocenters. The predicted molar refractivity (Wildman–Crippen MR) is 429 cm³/mol. The summed E-state index contributed by atoms with van der Waals surface area (Å²) in [4.78, 5) is 227. The van der Waals surface area contributed by atoms with Crippen molar-refractivity contribution >= 4 is 112 Å². The van der Waals surface area contributed by atoms with Crippen LogP contribution in [0.25, 0.3) is 0 Å². The van der Waals surface area contributed by atoms with E-state index in [1.165, 1.54) is 48.6 Å². The topological polar surface area (TPSA) is 657 Å². The molecule has 3 heterocycles. The summed E-state index contributed by atoms with van der Waals surface area (Å²) in [5.41, 5.74) is 19.0. The largest absolute Gasteiger partial charge is 1.00 e. The second kappa shape index (κ2) is 50.9. The van der Waals surface area contributed by atoms with E-state index in [9.17, 15) is 97.1 Å². The number of imidazole rings is 1. The molecule has 39 nitrogen and oxygen atoms in total. The van der Waals surface area contributed by atoms with Crippen molar-refractivity contribution in [3.05, 3.63) is 113 Å². The molecule has 0 radical (unpaired) electrons. The number of aliphatic carboxylic acids is 2. The van der Waals surface area contributed by atoms with Gasteiger partial charge in [0.25, 0.3) is 0 Å². The Hall–Kier alpha value is -11.1. The van der Waals surface area contributed by atoms with E-state index in [2.05, 4.69) is 73.4 Å². The first-order valence-corrected chi connectivity index (χ1v) is 40.5.